The van der Waals surface area contributed by atoms with Gasteiger partial charge in [-0.15, -0.1) is 0 Å². The molecule has 1 aromatic carbocycles. The Kier molecular flexibility index (Phi) is 3.71. The summed E-state index contributed by atoms with van der Waals surface area (Å²) in [6.45, 7) is 0. The average molecular weight is 308 g/mol. The van der Waals surface area contributed by atoms with Crippen molar-refractivity contribution in [3.8, 4) is 0 Å². The minimum absolute atomic E-state index is 0.365. The van der Waals surface area contributed by atoms with Crippen LogP contribution < -0.4 is 11.1 Å². The normalized spacial score (nSPS) is 9.94. The fourth-order valence-electron chi connectivity index (χ4n) is 1.43. The Morgan fingerprint density at radius 2 is 2.18 bits per heavy atom. The standard InChI is InChI=1S/C12H10BrN3S/c13-8-3-4-10(12(14)17)11(6-8)16-9-2-1-5-15-7-9/h1-7,16H,(H2,14,17). The van der Waals surface area contributed by atoms with E-state index in [1.165, 1.54) is 0 Å². The molecule has 0 unspecified atom stereocenters. The molecule has 86 valence electrons. The maximum Gasteiger partial charge on any atom is 0.106 e. The van der Waals surface area contributed by atoms with Crippen LogP contribution in [0.2, 0.25) is 0 Å². The van der Waals surface area contributed by atoms with Crippen LogP contribution in [0.25, 0.3) is 0 Å². The fourth-order valence-corrected chi connectivity index (χ4v) is 1.97. The molecule has 0 spiro atoms. The number of anilines is 2. The number of halogens is 1. The molecule has 17 heavy (non-hydrogen) atoms. The third-order valence-electron chi connectivity index (χ3n) is 2.19. The monoisotopic (exact) mass is 307 g/mol. The van der Waals surface area contributed by atoms with Gasteiger partial charge in [-0.05, 0) is 30.3 Å². The Hall–Kier alpha value is -1.46. The Bertz CT molecular complexity index is 543. The highest BCUT2D eigenvalue weighted by molar-refractivity contribution is 9.10. The van der Waals surface area contributed by atoms with E-state index in [4.69, 9.17) is 18.0 Å². The minimum Gasteiger partial charge on any atom is -0.389 e. The van der Waals surface area contributed by atoms with Gasteiger partial charge >= 0.3 is 0 Å². The summed E-state index contributed by atoms with van der Waals surface area (Å²) in [6.07, 6.45) is 3.46. The number of aromatic nitrogens is 1. The van der Waals surface area contributed by atoms with Crippen LogP contribution in [-0.2, 0) is 0 Å². The second kappa shape index (κ2) is 5.25. The third-order valence-corrected chi connectivity index (χ3v) is 2.90. The first-order valence-electron chi connectivity index (χ1n) is 4.93. The van der Waals surface area contributed by atoms with Gasteiger partial charge in [0.05, 0.1) is 11.9 Å². The van der Waals surface area contributed by atoms with Crippen molar-refractivity contribution in [2.24, 2.45) is 5.73 Å². The quantitative estimate of drug-likeness (QED) is 0.855. The van der Waals surface area contributed by atoms with Crippen LogP contribution in [0.4, 0.5) is 11.4 Å². The molecule has 0 amide bonds. The Morgan fingerprint density at radius 3 is 2.82 bits per heavy atom. The van der Waals surface area contributed by atoms with E-state index in [-0.39, 0.29) is 0 Å². The van der Waals surface area contributed by atoms with Gasteiger partial charge in [-0.1, -0.05) is 28.1 Å². The first kappa shape index (κ1) is 12.0. The van der Waals surface area contributed by atoms with E-state index in [2.05, 4.69) is 26.2 Å². The smallest absolute Gasteiger partial charge is 0.106 e. The lowest BCUT2D eigenvalue weighted by Crippen LogP contribution is -2.11. The van der Waals surface area contributed by atoms with Gasteiger partial charge in [-0.25, -0.2) is 0 Å². The zero-order valence-corrected chi connectivity index (χ0v) is 11.3. The Morgan fingerprint density at radius 1 is 1.35 bits per heavy atom. The van der Waals surface area contributed by atoms with Crippen LogP contribution in [0.15, 0.2) is 47.2 Å². The van der Waals surface area contributed by atoms with Crippen molar-refractivity contribution in [2.45, 2.75) is 0 Å². The number of hydrogen-bond acceptors (Lipinski definition) is 3. The lowest BCUT2D eigenvalue weighted by molar-refractivity contribution is 1.32. The molecule has 1 aromatic heterocycles. The highest BCUT2D eigenvalue weighted by Crippen LogP contribution is 2.24. The van der Waals surface area contributed by atoms with Crippen molar-refractivity contribution in [3.05, 3.63) is 52.8 Å². The summed E-state index contributed by atoms with van der Waals surface area (Å²) in [4.78, 5) is 4.40. The zero-order valence-electron chi connectivity index (χ0n) is 8.85. The van der Waals surface area contributed by atoms with Gasteiger partial charge in [0, 0.05) is 21.9 Å². The van der Waals surface area contributed by atoms with E-state index in [9.17, 15) is 0 Å². The molecule has 0 saturated carbocycles. The van der Waals surface area contributed by atoms with E-state index in [0.29, 0.717) is 4.99 Å². The van der Waals surface area contributed by atoms with Gasteiger partial charge in [0.2, 0.25) is 0 Å². The van der Waals surface area contributed by atoms with Gasteiger partial charge in [0.25, 0.3) is 0 Å². The first-order valence-corrected chi connectivity index (χ1v) is 6.13. The summed E-state index contributed by atoms with van der Waals surface area (Å²) < 4.78 is 0.962. The molecule has 0 radical (unpaired) electrons. The SMILES string of the molecule is NC(=S)c1ccc(Br)cc1Nc1cccnc1. The highest BCUT2D eigenvalue weighted by atomic mass is 79.9. The van der Waals surface area contributed by atoms with E-state index in [0.717, 1.165) is 21.4 Å². The predicted octanol–water partition coefficient (Wildman–Crippen LogP) is 3.22. The molecule has 0 atom stereocenters. The van der Waals surface area contributed by atoms with Crippen molar-refractivity contribution in [2.75, 3.05) is 5.32 Å². The summed E-state index contributed by atoms with van der Waals surface area (Å²) in [5.74, 6) is 0. The lowest BCUT2D eigenvalue weighted by Gasteiger charge is -2.11. The fraction of sp³-hybridized carbons (Fsp3) is 0. The van der Waals surface area contributed by atoms with Crippen molar-refractivity contribution in [1.82, 2.24) is 4.98 Å². The van der Waals surface area contributed by atoms with Crippen molar-refractivity contribution >= 4 is 44.5 Å². The van der Waals surface area contributed by atoms with Gasteiger partial charge in [0.1, 0.15) is 4.99 Å². The Balaban J connectivity index is 2.37. The van der Waals surface area contributed by atoms with Gasteiger partial charge < -0.3 is 11.1 Å². The molecule has 0 aliphatic rings. The van der Waals surface area contributed by atoms with Crippen LogP contribution in [0.3, 0.4) is 0 Å². The molecule has 3 N–H and O–H groups in total. The van der Waals surface area contributed by atoms with Crippen LogP contribution in [-0.4, -0.2) is 9.97 Å². The predicted molar refractivity (Wildman–Crippen MR) is 77.5 cm³/mol. The summed E-state index contributed by atoms with van der Waals surface area (Å²) >= 11 is 8.43. The van der Waals surface area contributed by atoms with Crippen molar-refractivity contribution in [1.29, 1.82) is 0 Å². The van der Waals surface area contributed by atoms with Crippen molar-refractivity contribution < 1.29 is 0 Å². The molecular weight excluding hydrogens is 298 g/mol. The number of hydrogen-bond donors (Lipinski definition) is 2. The lowest BCUT2D eigenvalue weighted by atomic mass is 10.1. The minimum atomic E-state index is 0.365. The topological polar surface area (TPSA) is 50.9 Å². The number of nitrogens with one attached hydrogen (secondary N) is 1. The molecule has 0 fully saturated rings. The largest absolute Gasteiger partial charge is 0.389 e. The molecule has 2 aromatic rings. The number of pyridine rings is 1. The molecule has 0 aliphatic heterocycles. The molecule has 0 aliphatic carbocycles. The van der Waals surface area contributed by atoms with E-state index < -0.39 is 0 Å². The Labute approximate surface area is 113 Å². The zero-order chi connectivity index (χ0) is 12.3. The molecule has 1 heterocycles. The number of nitrogens with two attached hydrogens (primary N) is 1. The van der Waals surface area contributed by atoms with E-state index in [1.807, 2.05) is 30.3 Å². The molecule has 5 heteroatoms. The van der Waals surface area contributed by atoms with E-state index >= 15 is 0 Å². The average Bonchev–Trinajstić information content (AvgIpc) is 2.30. The second-order valence-corrected chi connectivity index (χ2v) is 4.78. The summed E-state index contributed by atoms with van der Waals surface area (Å²) in [5.41, 5.74) is 8.24. The first-order chi connectivity index (χ1) is 8.16. The summed E-state index contributed by atoms with van der Waals surface area (Å²) in [6, 6.07) is 9.51. The number of thiocarbonyl (C=S) groups is 1. The van der Waals surface area contributed by atoms with E-state index in [1.54, 1.807) is 12.4 Å². The molecule has 2 rings (SSSR count). The maximum absolute atomic E-state index is 5.68. The summed E-state index contributed by atoms with van der Waals surface area (Å²) in [7, 11) is 0. The van der Waals surface area contributed by atoms with Crippen molar-refractivity contribution in [3.63, 3.8) is 0 Å². The highest BCUT2D eigenvalue weighted by Gasteiger charge is 2.06. The van der Waals surface area contributed by atoms with Crippen LogP contribution >= 0.6 is 28.1 Å². The van der Waals surface area contributed by atoms with Crippen LogP contribution in [0.5, 0.6) is 0 Å². The van der Waals surface area contributed by atoms with Gasteiger partial charge in [-0.3, -0.25) is 4.98 Å². The number of nitrogens with zero attached hydrogens (tertiary/aromatic N) is 1. The number of benzene rings is 1. The maximum atomic E-state index is 5.68. The van der Waals surface area contributed by atoms with Gasteiger partial charge in [-0.2, -0.15) is 0 Å². The molecule has 0 bridgehead atoms. The number of rotatable bonds is 3. The molecule has 3 nitrogen and oxygen atoms in total. The van der Waals surface area contributed by atoms with Crippen LogP contribution in [0.1, 0.15) is 5.56 Å². The second-order valence-electron chi connectivity index (χ2n) is 3.42. The molecular formula is C12H10BrN3S. The summed E-state index contributed by atoms with van der Waals surface area (Å²) in [5, 5.41) is 3.23. The molecule has 0 saturated heterocycles. The van der Waals surface area contributed by atoms with Crippen LogP contribution in [0, 0.1) is 0 Å². The third kappa shape index (κ3) is 3.01. The van der Waals surface area contributed by atoms with Gasteiger partial charge in [0.15, 0.2) is 0 Å².